The number of nitrogens with two attached hydrogens (primary N) is 1. The van der Waals surface area contributed by atoms with Gasteiger partial charge in [-0.25, -0.2) is 0 Å². The molecule has 0 saturated heterocycles. The van der Waals surface area contributed by atoms with Crippen LogP contribution < -0.4 is 15.8 Å². The zero-order chi connectivity index (χ0) is 13.5. The van der Waals surface area contributed by atoms with Crippen LogP contribution in [0.3, 0.4) is 0 Å². The zero-order valence-electron chi connectivity index (χ0n) is 11.3. The van der Waals surface area contributed by atoms with Crippen LogP contribution in [0, 0.1) is 5.92 Å². The number of pyridine rings is 1. The maximum atomic E-state index is 9.14. The van der Waals surface area contributed by atoms with Crippen molar-refractivity contribution >= 4 is 11.5 Å². The lowest BCUT2D eigenvalue weighted by Gasteiger charge is -2.16. The highest BCUT2D eigenvalue weighted by atomic mass is 16.5. The number of aromatic nitrogens is 1. The lowest BCUT2D eigenvalue weighted by Crippen LogP contribution is -2.23. The molecular weight excluding hydrogens is 230 g/mol. The van der Waals surface area contributed by atoms with E-state index in [2.05, 4.69) is 24.1 Å². The van der Waals surface area contributed by atoms with Crippen molar-refractivity contribution in [3.05, 3.63) is 12.1 Å². The molecule has 0 radical (unpaired) electrons. The number of hydrogen-bond donors (Lipinski definition) is 3. The summed E-state index contributed by atoms with van der Waals surface area (Å²) < 4.78 is 5.55. The minimum atomic E-state index is -0.000858. The number of rotatable bonds is 7. The standard InChI is InChI=1S/C13H23N3O2/c1-4-10(7-17)15-12-6-5-11(14)13(16-12)18-8-9(2)3/h5-6,9-10,17H,4,7-8,14H2,1-3H3,(H,15,16). The normalized spacial score (nSPS) is 12.5. The largest absolute Gasteiger partial charge is 0.476 e. The average molecular weight is 253 g/mol. The molecule has 0 bridgehead atoms. The Kier molecular flexibility index (Phi) is 5.71. The molecule has 0 aliphatic rings. The summed E-state index contributed by atoms with van der Waals surface area (Å²) in [5.74, 6) is 1.54. The first-order chi connectivity index (χ1) is 8.56. The molecule has 0 amide bonds. The molecule has 1 atom stereocenters. The van der Waals surface area contributed by atoms with E-state index < -0.39 is 0 Å². The Morgan fingerprint density at radius 1 is 1.44 bits per heavy atom. The minimum absolute atomic E-state index is 0.000858. The summed E-state index contributed by atoms with van der Waals surface area (Å²) in [7, 11) is 0. The second-order valence-electron chi connectivity index (χ2n) is 4.73. The maximum Gasteiger partial charge on any atom is 0.239 e. The van der Waals surface area contributed by atoms with Crippen LogP contribution in [0.15, 0.2) is 12.1 Å². The molecule has 5 nitrogen and oxygen atoms in total. The Bertz CT molecular complexity index is 365. The van der Waals surface area contributed by atoms with E-state index in [0.29, 0.717) is 29.9 Å². The van der Waals surface area contributed by atoms with Gasteiger partial charge in [-0.15, -0.1) is 0 Å². The summed E-state index contributed by atoms with van der Waals surface area (Å²) in [5, 5.41) is 12.3. The van der Waals surface area contributed by atoms with Crippen molar-refractivity contribution in [1.82, 2.24) is 4.98 Å². The van der Waals surface area contributed by atoms with Crippen molar-refractivity contribution in [2.75, 3.05) is 24.3 Å². The Labute approximate surface area is 108 Å². The van der Waals surface area contributed by atoms with Crippen molar-refractivity contribution in [3.8, 4) is 5.88 Å². The summed E-state index contributed by atoms with van der Waals surface area (Å²) in [6.07, 6.45) is 0.824. The quantitative estimate of drug-likeness (QED) is 0.691. The second kappa shape index (κ2) is 7.06. The molecule has 1 rings (SSSR count). The monoisotopic (exact) mass is 253 g/mol. The smallest absolute Gasteiger partial charge is 0.239 e. The molecule has 18 heavy (non-hydrogen) atoms. The van der Waals surface area contributed by atoms with Crippen molar-refractivity contribution in [2.45, 2.75) is 33.2 Å². The summed E-state index contributed by atoms with van der Waals surface area (Å²) in [6, 6.07) is 3.55. The molecule has 0 fully saturated rings. The fourth-order valence-corrected chi connectivity index (χ4v) is 1.38. The Balaban J connectivity index is 2.73. The first-order valence-corrected chi connectivity index (χ1v) is 6.33. The van der Waals surface area contributed by atoms with Gasteiger partial charge in [0.05, 0.1) is 24.9 Å². The van der Waals surface area contributed by atoms with E-state index in [1.165, 1.54) is 0 Å². The van der Waals surface area contributed by atoms with Gasteiger partial charge in [0.1, 0.15) is 5.82 Å². The lowest BCUT2D eigenvalue weighted by molar-refractivity contribution is 0.262. The molecule has 102 valence electrons. The van der Waals surface area contributed by atoms with Gasteiger partial charge in [0.15, 0.2) is 0 Å². The van der Waals surface area contributed by atoms with Gasteiger partial charge in [-0.3, -0.25) is 0 Å². The molecule has 1 aromatic rings. The summed E-state index contributed by atoms with van der Waals surface area (Å²) in [4.78, 5) is 4.31. The Morgan fingerprint density at radius 2 is 2.17 bits per heavy atom. The highest BCUT2D eigenvalue weighted by Gasteiger charge is 2.09. The van der Waals surface area contributed by atoms with Crippen LogP contribution >= 0.6 is 0 Å². The zero-order valence-corrected chi connectivity index (χ0v) is 11.3. The van der Waals surface area contributed by atoms with E-state index in [4.69, 9.17) is 15.6 Å². The highest BCUT2D eigenvalue weighted by Crippen LogP contribution is 2.22. The molecule has 0 aromatic carbocycles. The third-order valence-corrected chi connectivity index (χ3v) is 2.51. The van der Waals surface area contributed by atoms with E-state index in [-0.39, 0.29) is 12.6 Å². The van der Waals surface area contributed by atoms with Crippen LogP contribution in [0.25, 0.3) is 0 Å². The van der Waals surface area contributed by atoms with E-state index in [1.807, 2.05) is 6.92 Å². The third-order valence-electron chi connectivity index (χ3n) is 2.51. The first-order valence-electron chi connectivity index (χ1n) is 6.33. The minimum Gasteiger partial charge on any atom is -0.476 e. The van der Waals surface area contributed by atoms with Gasteiger partial charge in [-0.05, 0) is 24.5 Å². The van der Waals surface area contributed by atoms with Crippen LogP contribution in [-0.4, -0.2) is 29.3 Å². The summed E-state index contributed by atoms with van der Waals surface area (Å²) >= 11 is 0. The number of aliphatic hydroxyl groups is 1. The van der Waals surface area contributed by atoms with Crippen molar-refractivity contribution < 1.29 is 9.84 Å². The van der Waals surface area contributed by atoms with Crippen LogP contribution in [-0.2, 0) is 0 Å². The van der Waals surface area contributed by atoms with Gasteiger partial charge >= 0.3 is 0 Å². The number of ether oxygens (including phenoxy) is 1. The number of aliphatic hydroxyl groups excluding tert-OH is 1. The van der Waals surface area contributed by atoms with Gasteiger partial charge in [0.25, 0.3) is 0 Å². The summed E-state index contributed by atoms with van der Waals surface area (Å²) in [5.41, 5.74) is 6.33. The number of nitrogens with one attached hydrogen (secondary N) is 1. The molecule has 5 heteroatoms. The molecule has 0 spiro atoms. The number of hydrogen-bond acceptors (Lipinski definition) is 5. The predicted octanol–water partition coefficient (Wildman–Crippen LogP) is 1.88. The number of nitrogens with zero attached hydrogens (tertiary/aromatic N) is 1. The fourth-order valence-electron chi connectivity index (χ4n) is 1.38. The van der Waals surface area contributed by atoms with Crippen LogP contribution in [0.5, 0.6) is 5.88 Å². The number of anilines is 2. The SMILES string of the molecule is CCC(CO)Nc1ccc(N)c(OCC(C)C)n1. The number of nitrogen functional groups attached to an aromatic ring is 1. The Hall–Kier alpha value is -1.49. The van der Waals surface area contributed by atoms with E-state index in [1.54, 1.807) is 12.1 Å². The second-order valence-corrected chi connectivity index (χ2v) is 4.73. The van der Waals surface area contributed by atoms with E-state index in [0.717, 1.165) is 6.42 Å². The molecule has 1 aromatic heterocycles. The fraction of sp³-hybridized carbons (Fsp3) is 0.615. The molecule has 4 N–H and O–H groups in total. The van der Waals surface area contributed by atoms with Crippen molar-refractivity contribution in [1.29, 1.82) is 0 Å². The third kappa shape index (κ3) is 4.41. The predicted molar refractivity (Wildman–Crippen MR) is 73.8 cm³/mol. The Morgan fingerprint density at radius 3 is 2.72 bits per heavy atom. The van der Waals surface area contributed by atoms with Crippen LogP contribution in [0.2, 0.25) is 0 Å². The maximum absolute atomic E-state index is 9.14. The average Bonchev–Trinajstić information content (AvgIpc) is 2.36. The molecule has 1 unspecified atom stereocenters. The van der Waals surface area contributed by atoms with Gasteiger partial charge < -0.3 is 20.9 Å². The van der Waals surface area contributed by atoms with Crippen molar-refractivity contribution in [3.63, 3.8) is 0 Å². The van der Waals surface area contributed by atoms with Crippen LogP contribution in [0.1, 0.15) is 27.2 Å². The highest BCUT2D eigenvalue weighted by molar-refractivity contribution is 5.53. The van der Waals surface area contributed by atoms with Gasteiger partial charge in [-0.1, -0.05) is 20.8 Å². The summed E-state index contributed by atoms with van der Waals surface area (Å²) in [6.45, 7) is 6.79. The van der Waals surface area contributed by atoms with E-state index >= 15 is 0 Å². The lowest BCUT2D eigenvalue weighted by atomic mass is 10.2. The van der Waals surface area contributed by atoms with Crippen molar-refractivity contribution in [2.24, 2.45) is 5.92 Å². The molecule has 0 aliphatic carbocycles. The molecule has 0 aliphatic heterocycles. The van der Waals surface area contributed by atoms with Gasteiger partial charge in [-0.2, -0.15) is 4.98 Å². The topological polar surface area (TPSA) is 80.4 Å². The van der Waals surface area contributed by atoms with Gasteiger partial charge in [0.2, 0.25) is 5.88 Å². The van der Waals surface area contributed by atoms with Gasteiger partial charge in [0, 0.05) is 0 Å². The molecule has 0 saturated carbocycles. The molecule has 1 heterocycles. The first kappa shape index (κ1) is 14.6. The molecular formula is C13H23N3O2. The van der Waals surface area contributed by atoms with E-state index in [9.17, 15) is 0 Å². The van der Waals surface area contributed by atoms with Crippen LogP contribution in [0.4, 0.5) is 11.5 Å².